The third-order valence-electron chi connectivity index (χ3n) is 6.49. The molecule has 7 nitrogen and oxygen atoms in total. The Morgan fingerprint density at radius 3 is 2.19 bits per heavy atom. The van der Waals surface area contributed by atoms with Gasteiger partial charge < -0.3 is 20.1 Å². The lowest BCUT2D eigenvalue weighted by atomic mass is 9.70. The second-order valence-electron chi connectivity index (χ2n) is 9.65. The monoisotopic (exact) mass is 492 g/mol. The molecule has 2 aromatic carbocycles. The summed E-state index contributed by atoms with van der Waals surface area (Å²) in [6, 6.07) is 16.7. The predicted molar refractivity (Wildman–Crippen MR) is 138 cm³/mol. The summed E-state index contributed by atoms with van der Waals surface area (Å²) in [6.45, 7) is 9.30. The van der Waals surface area contributed by atoms with Gasteiger partial charge in [-0.05, 0) is 35.1 Å². The minimum atomic E-state index is -1.48. The maximum Gasteiger partial charge on any atom is 0.306 e. The van der Waals surface area contributed by atoms with Crippen LogP contribution in [0.3, 0.4) is 0 Å². The highest BCUT2D eigenvalue weighted by Gasteiger charge is 2.52. The first-order chi connectivity index (χ1) is 17.1. The van der Waals surface area contributed by atoms with Crippen LogP contribution in [-0.2, 0) is 24.7 Å². The van der Waals surface area contributed by atoms with Crippen molar-refractivity contribution in [2.24, 2.45) is 11.8 Å². The van der Waals surface area contributed by atoms with E-state index in [0.29, 0.717) is 11.3 Å². The van der Waals surface area contributed by atoms with Crippen LogP contribution in [0.5, 0.6) is 5.75 Å². The summed E-state index contributed by atoms with van der Waals surface area (Å²) < 4.78 is 10.8. The molecule has 7 heteroatoms. The van der Waals surface area contributed by atoms with Crippen molar-refractivity contribution >= 4 is 17.8 Å². The van der Waals surface area contributed by atoms with E-state index in [1.54, 1.807) is 27.9 Å². The van der Waals surface area contributed by atoms with Crippen molar-refractivity contribution in [3.05, 3.63) is 77.5 Å². The van der Waals surface area contributed by atoms with Crippen molar-refractivity contribution in [1.82, 2.24) is 10.6 Å². The maximum absolute atomic E-state index is 14.0. The lowest BCUT2D eigenvalue weighted by Crippen LogP contribution is -2.63. The highest BCUT2D eigenvalue weighted by Crippen LogP contribution is 2.43. The smallest absolute Gasteiger partial charge is 0.306 e. The molecule has 0 radical (unpaired) electrons. The van der Waals surface area contributed by atoms with Crippen LogP contribution in [-0.4, -0.2) is 31.0 Å². The Bertz CT molecular complexity index is 1110. The average molecular weight is 493 g/mol. The van der Waals surface area contributed by atoms with Gasteiger partial charge in [0.05, 0.1) is 7.11 Å². The second kappa shape index (κ2) is 11.4. The molecule has 0 fully saturated rings. The predicted octanol–water partition coefficient (Wildman–Crippen LogP) is 4.44. The topological polar surface area (TPSA) is 93.7 Å². The van der Waals surface area contributed by atoms with Gasteiger partial charge in [0.15, 0.2) is 11.6 Å². The minimum absolute atomic E-state index is 0.0631. The molecule has 1 unspecified atom stereocenters. The Hall–Kier alpha value is -3.61. The van der Waals surface area contributed by atoms with Crippen LogP contribution in [0.1, 0.15) is 58.1 Å². The van der Waals surface area contributed by atoms with E-state index in [-0.39, 0.29) is 24.2 Å². The van der Waals surface area contributed by atoms with E-state index in [2.05, 4.69) is 10.6 Å². The van der Waals surface area contributed by atoms with Crippen molar-refractivity contribution in [3.8, 4) is 5.75 Å². The molecule has 1 heterocycles. The van der Waals surface area contributed by atoms with Gasteiger partial charge in [0.25, 0.3) is 11.8 Å². The lowest BCUT2D eigenvalue weighted by Gasteiger charge is -2.44. The lowest BCUT2D eigenvalue weighted by molar-refractivity contribution is -0.159. The van der Waals surface area contributed by atoms with Crippen LogP contribution in [0.4, 0.5) is 0 Å². The number of hydrogen-bond acceptors (Lipinski definition) is 5. The van der Waals surface area contributed by atoms with Crippen LogP contribution < -0.4 is 15.4 Å². The second-order valence-corrected chi connectivity index (χ2v) is 9.65. The highest BCUT2D eigenvalue weighted by atomic mass is 16.5. The first-order valence-corrected chi connectivity index (χ1v) is 12.4. The Kier molecular flexibility index (Phi) is 8.56. The number of esters is 1. The molecule has 36 heavy (non-hydrogen) atoms. The summed E-state index contributed by atoms with van der Waals surface area (Å²) in [4.78, 5) is 39.9. The highest BCUT2D eigenvalue weighted by molar-refractivity contribution is 5.97. The first kappa shape index (κ1) is 27.0. The molecule has 0 bridgehead atoms. The molecule has 1 aliphatic rings. The normalized spacial score (nSPS) is 20.4. The summed E-state index contributed by atoms with van der Waals surface area (Å²) in [7, 11) is 1.60. The summed E-state index contributed by atoms with van der Waals surface area (Å²) in [5.41, 5.74) is 0.760. The quantitative estimate of drug-likeness (QED) is 0.505. The third kappa shape index (κ3) is 5.45. The van der Waals surface area contributed by atoms with Gasteiger partial charge in [-0.15, -0.1) is 0 Å². The minimum Gasteiger partial charge on any atom is -0.497 e. The third-order valence-corrected chi connectivity index (χ3v) is 6.49. The van der Waals surface area contributed by atoms with E-state index < -0.39 is 29.4 Å². The van der Waals surface area contributed by atoms with Crippen molar-refractivity contribution in [2.45, 2.75) is 58.6 Å². The van der Waals surface area contributed by atoms with Gasteiger partial charge in [-0.2, -0.15) is 0 Å². The number of benzene rings is 2. The fourth-order valence-electron chi connectivity index (χ4n) is 4.41. The van der Waals surface area contributed by atoms with Crippen LogP contribution in [0.15, 0.2) is 66.4 Å². The van der Waals surface area contributed by atoms with Crippen molar-refractivity contribution in [3.63, 3.8) is 0 Å². The fraction of sp³-hybridized carbons (Fsp3) is 0.414. The van der Waals surface area contributed by atoms with E-state index in [1.807, 2.05) is 74.5 Å². The molecular weight excluding hydrogens is 456 g/mol. The molecule has 0 saturated heterocycles. The number of hydrogen-bond donors (Lipinski definition) is 2. The SMILES string of the molecule is CCC(=O)OC(C(=O)N[C@@]1(c2ccccc2)C(=O)NC(C(C)C)=C[C@H]1c1ccc(OC)cc1)C(C)C. The zero-order chi connectivity index (χ0) is 26.5. The molecule has 1 aliphatic heterocycles. The van der Waals surface area contributed by atoms with E-state index >= 15 is 0 Å². The molecule has 0 spiro atoms. The Balaban J connectivity index is 2.21. The number of carbonyl (C=O) groups is 3. The van der Waals surface area contributed by atoms with Crippen molar-refractivity contribution < 1.29 is 23.9 Å². The number of amides is 2. The molecule has 3 atom stereocenters. The molecule has 192 valence electrons. The zero-order valence-electron chi connectivity index (χ0n) is 21.8. The average Bonchev–Trinajstić information content (AvgIpc) is 2.88. The maximum atomic E-state index is 14.0. The summed E-state index contributed by atoms with van der Waals surface area (Å²) in [6.07, 6.45) is 1.11. The summed E-state index contributed by atoms with van der Waals surface area (Å²) in [5.74, 6) is -1.42. The molecule has 0 saturated carbocycles. The molecule has 2 amide bonds. The molecule has 3 rings (SSSR count). The van der Waals surface area contributed by atoms with Gasteiger partial charge in [-0.3, -0.25) is 14.4 Å². The van der Waals surface area contributed by atoms with Crippen LogP contribution >= 0.6 is 0 Å². The standard InChI is InChI=1S/C29H36N2O5/c1-7-25(32)36-26(19(4)5)27(33)31-29(21-11-9-8-10-12-21)23(17-24(18(2)3)30-28(29)34)20-13-15-22(35-6)16-14-20/h8-19,23,26H,7H2,1-6H3,(H,30,34)(H,31,33)/t23-,26?,29+/m0/s1. The largest absolute Gasteiger partial charge is 0.497 e. The molecule has 0 aliphatic carbocycles. The van der Waals surface area contributed by atoms with Crippen LogP contribution in [0.25, 0.3) is 0 Å². The summed E-state index contributed by atoms with van der Waals surface area (Å²) in [5, 5.41) is 6.07. The Morgan fingerprint density at radius 2 is 1.67 bits per heavy atom. The van der Waals surface area contributed by atoms with Crippen molar-refractivity contribution in [2.75, 3.05) is 7.11 Å². The number of rotatable bonds is 9. The van der Waals surface area contributed by atoms with E-state index in [0.717, 1.165) is 11.3 Å². The van der Waals surface area contributed by atoms with E-state index in [1.165, 1.54) is 0 Å². The van der Waals surface area contributed by atoms with Crippen LogP contribution in [0, 0.1) is 11.8 Å². The number of carbonyl (C=O) groups excluding carboxylic acids is 3. The number of allylic oxidation sites excluding steroid dienone is 1. The Morgan fingerprint density at radius 1 is 1.03 bits per heavy atom. The van der Waals surface area contributed by atoms with Crippen molar-refractivity contribution in [1.29, 1.82) is 0 Å². The number of nitrogens with one attached hydrogen (secondary N) is 2. The zero-order valence-corrected chi connectivity index (χ0v) is 21.8. The van der Waals surface area contributed by atoms with Gasteiger partial charge in [-0.25, -0.2) is 0 Å². The van der Waals surface area contributed by atoms with Gasteiger partial charge in [-0.1, -0.05) is 83.2 Å². The Labute approximate surface area is 213 Å². The molecular formula is C29H36N2O5. The number of ether oxygens (including phenoxy) is 2. The first-order valence-electron chi connectivity index (χ1n) is 12.4. The van der Waals surface area contributed by atoms with Crippen LogP contribution in [0.2, 0.25) is 0 Å². The van der Waals surface area contributed by atoms with Gasteiger partial charge in [0.1, 0.15) is 5.75 Å². The fourth-order valence-corrected chi connectivity index (χ4v) is 4.41. The molecule has 2 N–H and O–H groups in total. The summed E-state index contributed by atoms with van der Waals surface area (Å²) >= 11 is 0. The van der Waals surface area contributed by atoms with Gasteiger partial charge in [0, 0.05) is 18.0 Å². The molecule has 2 aromatic rings. The van der Waals surface area contributed by atoms with E-state index in [4.69, 9.17) is 9.47 Å². The van der Waals surface area contributed by atoms with Gasteiger partial charge >= 0.3 is 5.97 Å². The molecule has 0 aromatic heterocycles. The van der Waals surface area contributed by atoms with Gasteiger partial charge in [0.2, 0.25) is 0 Å². The van der Waals surface area contributed by atoms with E-state index in [9.17, 15) is 14.4 Å². The number of methoxy groups -OCH3 is 1.